The highest BCUT2D eigenvalue weighted by Crippen LogP contribution is 2.20. The van der Waals surface area contributed by atoms with Gasteiger partial charge in [-0.2, -0.15) is 0 Å². The van der Waals surface area contributed by atoms with E-state index in [1.807, 2.05) is 60.4 Å². The van der Waals surface area contributed by atoms with E-state index in [4.69, 9.17) is 14.2 Å². The van der Waals surface area contributed by atoms with Crippen LogP contribution >= 0.6 is 0 Å². The van der Waals surface area contributed by atoms with Crippen LogP contribution in [-0.4, -0.2) is 64.7 Å². The summed E-state index contributed by atoms with van der Waals surface area (Å²) in [6.07, 6.45) is 6.48. The molecule has 7 nitrogen and oxygen atoms in total. The van der Waals surface area contributed by atoms with Crippen LogP contribution in [-0.2, 0) is 17.8 Å². The number of aliphatic hydroxyl groups is 1. The zero-order valence-electron chi connectivity index (χ0n) is 19.2. The minimum absolute atomic E-state index is 0.187. The second kappa shape index (κ2) is 11.3. The average molecular weight is 452 g/mol. The number of benzene rings is 2. The van der Waals surface area contributed by atoms with Gasteiger partial charge in [0.1, 0.15) is 23.7 Å². The van der Waals surface area contributed by atoms with E-state index in [-0.39, 0.29) is 13.2 Å². The summed E-state index contributed by atoms with van der Waals surface area (Å²) in [5, 5.41) is 11.2. The standard InChI is InChI=1S/C26H33N3O4/c1-22-6-8-24(9-7-22)33-20-26(30)18-29(13-15-31-19-26)17-23-4-2-5-25(16-23)32-14-3-11-28-12-10-27-21-28/h2,4-10,12,16,21,30H,3,11,13-15,17-20H2,1H3/t26-/m0/s1. The van der Waals surface area contributed by atoms with Crippen LogP contribution in [0.25, 0.3) is 0 Å². The van der Waals surface area contributed by atoms with Gasteiger partial charge in [-0.15, -0.1) is 0 Å². The number of β-amino-alcohol motifs (C(OH)–C–C–N with tert-alkyl or cyclic N) is 1. The minimum Gasteiger partial charge on any atom is -0.494 e. The van der Waals surface area contributed by atoms with E-state index in [2.05, 4.69) is 22.0 Å². The summed E-state index contributed by atoms with van der Waals surface area (Å²) in [7, 11) is 0. The first kappa shape index (κ1) is 23.3. The maximum atomic E-state index is 11.2. The Hall–Kier alpha value is -2.87. The summed E-state index contributed by atoms with van der Waals surface area (Å²) in [6, 6.07) is 16.0. The van der Waals surface area contributed by atoms with Crippen molar-refractivity contribution in [2.45, 2.75) is 32.0 Å². The van der Waals surface area contributed by atoms with Gasteiger partial charge in [0.25, 0.3) is 0 Å². The lowest BCUT2D eigenvalue weighted by Gasteiger charge is -2.30. The highest BCUT2D eigenvalue weighted by molar-refractivity contribution is 5.29. The van der Waals surface area contributed by atoms with E-state index < -0.39 is 5.60 Å². The molecule has 1 saturated heterocycles. The van der Waals surface area contributed by atoms with Crippen molar-refractivity contribution in [1.82, 2.24) is 14.5 Å². The van der Waals surface area contributed by atoms with Crippen LogP contribution < -0.4 is 9.47 Å². The van der Waals surface area contributed by atoms with E-state index in [0.29, 0.717) is 26.3 Å². The fourth-order valence-electron chi connectivity index (χ4n) is 3.92. The quantitative estimate of drug-likeness (QED) is 0.477. The van der Waals surface area contributed by atoms with Crippen LogP contribution in [0.5, 0.6) is 11.5 Å². The van der Waals surface area contributed by atoms with Crippen molar-refractivity contribution in [3.8, 4) is 11.5 Å². The summed E-state index contributed by atoms with van der Waals surface area (Å²) in [5.74, 6) is 1.62. The van der Waals surface area contributed by atoms with E-state index in [0.717, 1.165) is 36.6 Å². The molecule has 0 spiro atoms. The molecule has 2 heterocycles. The van der Waals surface area contributed by atoms with Crippen molar-refractivity contribution in [1.29, 1.82) is 0 Å². The van der Waals surface area contributed by atoms with Gasteiger partial charge in [0, 0.05) is 38.6 Å². The largest absolute Gasteiger partial charge is 0.494 e. The molecule has 0 amide bonds. The Morgan fingerprint density at radius 2 is 2.00 bits per heavy atom. The van der Waals surface area contributed by atoms with Crippen molar-refractivity contribution in [3.63, 3.8) is 0 Å². The first-order valence-corrected chi connectivity index (χ1v) is 11.5. The Morgan fingerprint density at radius 1 is 1.12 bits per heavy atom. The summed E-state index contributed by atoms with van der Waals surface area (Å²) in [6.45, 7) is 6.54. The second-order valence-electron chi connectivity index (χ2n) is 8.74. The van der Waals surface area contributed by atoms with Crippen molar-refractivity contribution >= 4 is 0 Å². The molecular weight excluding hydrogens is 418 g/mol. The molecule has 0 bridgehead atoms. The minimum atomic E-state index is -1.07. The average Bonchev–Trinajstić information content (AvgIpc) is 3.26. The molecule has 1 aliphatic heterocycles. The number of hydrogen-bond acceptors (Lipinski definition) is 6. The van der Waals surface area contributed by atoms with Crippen LogP contribution in [0.1, 0.15) is 17.5 Å². The van der Waals surface area contributed by atoms with E-state index in [9.17, 15) is 5.11 Å². The Balaban J connectivity index is 1.28. The molecule has 1 atom stereocenters. The van der Waals surface area contributed by atoms with E-state index in [1.54, 1.807) is 6.20 Å². The van der Waals surface area contributed by atoms with Gasteiger partial charge in [-0.1, -0.05) is 29.8 Å². The topological polar surface area (TPSA) is 69.0 Å². The Bertz CT molecular complexity index is 977. The number of nitrogens with zero attached hydrogens (tertiary/aromatic N) is 3. The molecule has 0 saturated carbocycles. The maximum absolute atomic E-state index is 11.2. The fraction of sp³-hybridized carbons (Fsp3) is 0.423. The number of aromatic nitrogens is 2. The molecule has 0 radical (unpaired) electrons. The number of hydrogen-bond donors (Lipinski definition) is 1. The number of rotatable bonds is 10. The highest BCUT2D eigenvalue weighted by atomic mass is 16.5. The summed E-state index contributed by atoms with van der Waals surface area (Å²) in [4.78, 5) is 6.27. The molecule has 0 unspecified atom stereocenters. The van der Waals surface area contributed by atoms with Gasteiger partial charge in [0.05, 0.1) is 26.1 Å². The lowest BCUT2D eigenvalue weighted by atomic mass is 10.1. The van der Waals surface area contributed by atoms with Gasteiger partial charge >= 0.3 is 0 Å². The zero-order valence-corrected chi connectivity index (χ0v) is 19.2. The molecular formula is C26H33N3O4. The van der Waals surface area contributed by atoms with Crippen LogP contribution in [0.3, 0.4) is 0 Å². The second-order valence-corrected chi connectivity index (χ2v) is 8.74. The molecule has 0 aliphatic carbocycles. The molecule has 176 valence electrons. The van der Waals surface area contributed by atoms with Crippen molar-refractivity contribution in [2.24, 2.45) is 0 Å². The fourth-order valence-corrected chi connectivity index (χ4v) is 3.92. The third-order valence-corrected chi connectivity index (χ3v) is 5.66. The predicted octanol–water partition coefficient (Wildman–Crippen LogP) is 3.30. The van der Waals surface area contributed by atoms with Crippen LogP contribution in [0.4, 0.5) is 0 Å². The third-order valence-electron chi connectivity index (χ3n) is 5.66. The zero-order chi connectivity index (χ0) is 22.9. The van der Waals surface area contributed by atoms with Crippen molar-refractivity contribution in [2.75, 3.05) is 39.5 Å². The molecule has 1 N–H and O–H groups in total. The number of ether oxygens (including phenoxy) is 3. The summed E-state index contributed by atoms with van der Waals surface area (Å²) >= 11 is 0. The molecule has 1 aromatic heterocycles. The molecule has 33 heavy (non-hydrogen) atoms. The van der Waals surface area contributed by atoms with Gasteiger partial charge in [-0.05, 0) is 43.2 Å². The van der Waals surface area contributed by atoms with Gasteiger partial charge in [-0.25, -0.2) is 4.98 Å². The molecule has 3 aromatic rings. The third kappa shape index (κ3) is 7.32. The van der Waals surface area contributed by atoms with Gasteiger partial charge in [-0.3, -0.25) is 4.90 Å². The van der Waals surface area contributed by atoms with Crippen LogP contribution in [0.2, 0.25) is 0 Å². The van der Waals surface area contributed by atoms with Crippen molar-refractivity contribution < 1.29 is 19.3 Å². The monoisotopic (exact) mass is 451 g/mol. The molecule has 1 aliphatic rings. The lowest BCUT2D eigenvalue weighted by molar-refractivity contribution is -0.0646. The van der Waals surface area contributed by atoms with E-state index >= 15 is 0 Å². The molecule has 2 aromatic carbocycles. The van der Waals surface area contributed by atoms with Crippen LogP contribution in [0.15, 0.2) is 67.3 Å². The molecule has 1 fully saturated rings. The molecule has 4 rings (SSSR count). The normalized spacial score (nSPS) is 19.2. The maximum Gasteiger partial charge on any atom is 0.134 e. The predicted molar refractivity (Wildman–Crippen MR) is 127 cm³/mol. The van der Waals surface area contributed by atoms with E-state index in [1.165, 1.54) is 5.56 Å². The molecule has 7 heteroatoms. The van der Waals surface area contributed by atoms with Crippen LogP contribution in [0, 0.1) is 6.92 Å². The Labute approximate surface area is 195 Å². The first-order chi connectivity index (χ1) is 16.1. The highest BCUT2D eigenvalue weighted by Gasteiger charge is 2.33. The Morgan fingerprint density at radius 3 is 2.82 bits per heavy atom. The Kier molecular flexibility index (Phi) is 7.99. The van der Waals surface area contributed by atoms with Gasteiger partial charge in [0.2, 0.25) is 0 Å². The number of aryl methyl sites for hydroxylation is 2. The van der Waals surface area contributed by atoms with Gasteiger partial charge < -0.3 is 23.9 Å². The van der Waals surface area contributed by atoms with Crippen molar-refractivity contribution in [3.05, 3.63) is 78.4 Å². The smallest absolute Gasteiger partial charge is 0.134 e. The summed E-state index contributed by atoms with van der Waals surface area (Å²) in [5.41, 5.74) is 1.25. The number of imidazole rings is 1. The lowest BCUT2D eigenvalue weighted by Crippen LogP contribution is -2.48. The SMILES string of the molecule is Cc1ccc(OC[C@@]2(O)COCCN(Cc3cccc(OCCCn4ccnc4)c3)C2)cc1. The summed E-state index contributed by atoms with van der Waals surface area (Å²) < 4.78 is 19.6. The first-order valence-electron chi connectivity index (χ1n) is 11.5. The van der Waals surface area contributed by atoms with Gasteiger partial charge in [0.15, 0.2) is 0 Å².